The first-order chi connectivity index (χ1) is 11.5. The highest BCUT2D eigenvalue weighted by Gasteiger charge is 2.24. The van der Waals surface area contributed by atoms with E-state index in [2.05, 4.69) is 0 Å². The maximum Gasteiger partial charge on any atom is 0.196 e. The van der Waals surface area contributed by atoms with Crippen LogP contribution in [0.2, 0.25) is 0 Å². The first-order valence-electron chi connectivity index (χ1n) is 7.50. The summed E-state index contributed by atoms with van der Waals surface area (Å²) < 4.78 is 51.7. The number of carbonyl (C=O) groups excluding carboxylic acids is 1. The van der Waals surface area contributed by atoms with Crippen LogP contribution in [0.3, 0.4) is 0 Å². The van der Waals surface area contributed by atoms with Crippen LogP contribution in [0, 0.1) is 17.5 Å². The molecule has 0 aliphatic heterocycles. The van der Waals surface area contributed by atoms with Crippen LogP contribution < -0.4 is 0 Å². The summed E-state index contributed by atoms with van der Waals surface area (Å²) in [6, 6.07) is 6.00. The number of halogens is 3. The SMILES string of the molecule is CCOC(OCC)c1ccc(F)cc1C(=O)c1cc(F)ccc1F. The molecule has 2 aromatic carbocycles. The van der Waals surface area contributed by atoms with Crippen LogP contribution >= 0.6 is 0 Å². The molecule has 0 amide bonds. The maximum atomic E-state index is 13.9. The summed E-state index contributed by atoms with van der Waals surface area (Å²) in [7, 11) is 0. The second kappa shape index (κ2) is 8.08. The molecule has 128 valence electrons. The van der Waals surface area contributed by atoms with Gasteiger partial charge in [0.25, 0.3) is 0 Å². The van der Waals surface area contributed by atoms with Crippen LogP contribution in [0.5, 0.6) is 0 Å². The third-order valence-electron chi connectivity index (χ3n) is 3.32. The minimum absolute atomic E-state index is 0.133. The molecule has 0 saturated carbocycles. The molecule has 0 radical (unpaired) electrons. The van der Waals surface area contributed by atoms with Crippen molar-refractivity contribution in [2.45, 2.75) is 20.1 Å². The second-order valence-corrected chi connectivity index (χ2v) is 4.93. The molecule has 0 aromatic heterocycles. The summed E-state index contributed by atoms with van der Waals surface area (Å²) in [5, 5.41) is 0. The lowest BCUT2D eigenvalue weighted by Gasteiger charge is -2.20. The molecule has 0 atom stereocenters. The van der Waals surface area contributed by atoms with Gasteiger partial charge in [-0.05, 0) is 44.2 Å². The molecule has 0 spiro atoms. The molecular weight excluding hydrogens is 321 g/mol. The molecule has 6 heteroatoms. The molecule has 0 aliphatic carbocycles. The van der Waals surface area contributed by atoms with E-state index in [1.165, 1.54) is 6.07 Å². The Hall–Kier alpha value is -2.18. The van der Waals surface area contributed by atoms with Gasteiger partial charge >= 0.3 is 0 Å². The van der Waals surface area contributed by atoms with Crippen molar-refractivity contribution in [2.24, 2.45) is 0 Å². The first-order valence-corrected chi connectivity index (χ1v) is 7.50. The van der Waals surface area contributed by atoms with E-state index in [1.54, 1.807) is 13.8 Å². The van der Waals surface area contributed by atoms with Crippen molar-refractivity contribution in [2.75, 3.05) is 13.2 Å². The van der Waals surface area contributed by atoms with Crippen LogP contribution in [0.15, 0.2) is 36.4 Å². The quantitative estimate of drug-likeness (QED) is 0.554. The summed E-state index contributed by atoms with van der Waals surface area (Å²) in [4.78, 5) is 12.6. The molecule has 0 saturated heterocycles. The third kappa shape index (κ3) is 4.01. The number of hydrogen-bond donors (Lipinski definition) is 0. The third-order valence-corrected chi connectivity index (χ3v) is 3.32. The molecule has 0 N–H and O–H groups in total. The number of rotatable bonds is 7. The van der Waals surface area contributed by atoms with Crippen LogP contribution in [0.4, 0.5) is 13.2 Å². The highest BCUT2D eigenvalue weighted by atomic mass is 19.1. The zero-order valence-corrected chi connectivity index (χ0v) is 13.3. The zero-order valence-electron chi connectivity index (χ0n) is 13.3. The Morgan fingerprint density at radius 3 is 2.04 bits per heavy atom. The van der Waals surface area contributed by atoms with E-state index in [9.17, 15) is 18.0 Å². The summed E-state index contributed by atoms with van der Waals surface area (Å²) >= 11 is 0. The van der Waals surface area contributed by atoms with E-state index in [1.807, 2.05) is 0 Å². The van der Waals surface area contributed by atoms with Crippen molar-refractivity contribution in [1.82, 2.24) is 0 Å². The minimum atomic E-state index is -0.906. The Morgan fingerprint density at radius 1 is 0.917 bits per heavy atom. The van der Waals surface area contributed by atoms with E-state index in [4.69, 9.17) is 9.47 Å². The average molecular weight is 338 g/mol. The maximum absolute atomic E-state index is 13.9. The predicted octanol–water partition coefficient (Wildman–Crippen LogP) is 4.41. The average Bonchev–Trinajstić information content (AvgIpc) is 2.56. The largest absolute Gasteiger partial charge is 0.349 e. The normalized spacial score (nSPS) is 11.1. The summed E-state index contributed by atoms with van der Waals surface area (Å²) in [6.45, 7) is 4.07. The van der Waals surface area contributed by atoms with Crippen molar-refractivity contribution in [1.29, 1.82) is 0 Å². The van der Waals surface area contributed by atoms with Gasteiger partial charge in [0.2, 0.25) is 0 Å². The molecule has 3 nitrogen and oxygen atoms in total. The number of carbonyl (C=O) groups is 1. The lowest BCUT2D eigenvalue weighted by atomic mass is 9.97. The van der Waals surface area contributed by atoms with Crippen molar-refractivity contribution in [3.63, 3.8) is 0 Å². The van der Waals surface area contributed by atoms with Crippen molar-refractivity contribution in [3.05, 3.63) is 70.5 Å². The van der Waals surface area contributed by atoms with Crippen LogP contribution in [0.25, 0.3) is 0 Å². The Bertz CT molecular complexity index is 725. The van der Waals surface area contributed by atoms with Gasteiger partial charge in [-0.25, -0.2) is 13.2 Å². The van der Waals surface area contributed by atoms with Crippen LogP contribution in [-0.4, -0.2) is 19.0 Å². The number of ketones is 1. The zero-order chi connectivity index (χ0) is 17.7. The summed E-state index contributed by atoms with van der Waals surface area (Å²) in [5.41, 5.74) is -0.353. The highest BCUT2D eigenvalue weighted by molar-refractivity contribution is 6.10. The topological polar surface area (TPSA) is 35.5 Å². The van der Waals surface area contributed by atoms with Gasteiger partial charge in [0, 0.05) is 24.3 Å². The summed E-state index contributed by atoms with van der Waals surface area (Å²) in [5.74, 6) is -3.17. The van der Waals surface area contributed by atoms with Crippen molar-refractivity contribution in [3.8, 4) is 0 Å². The molecule has 0 aliphatic rings. The monoisotopic (exact) mass is 338 g/mol. The van der Waals surface area contributed by atoms with E-state index < -0.39 is 35.1 Å². The molecule has 0 unspecified atom stereocenters. The van der Waals surface area contributed by atoms with Gasteiger partial charge in [-0.15, -0.1) is 0 Å². The minimum Gasteiger partial charge on any atom is -0.349 e. The Kier molecular flexibility index (Phi) is 6.11. The van der Waals surface area contributed by atoms with E-state index in [0.717, 1.165) is 30.3 Å². The van der Waals surface area contributed by atoms with E-state index in [0.29, 0.717) is 13.2 Å². The van der Waals surface area contributed by atoms with Crippen molar-refractivity contribution < 1.29 is 27.4 Å². The first kappa shape index (κ1) is 18.2. The standard InChI is InChI=1S/C18H17F3O3/c1-3-23-18(24-4-2)13-7-5-11(19)9-14(13)17(22)15-10-12(20)6-8-16(15)21/h5-10,18H,3-4H2,1-2H3. The van der Waals surface area contributed by atoms with E-state index in [-0.39, 0.29) is 11.1 Å². The fourth-order valence-corrected chi connectivity index (χ4v) is 2.28. The molecule has 0 fully saturated rings. The van der Waals surface area contributed by atoms with Gasteiger partial charge in [0.1, 0.15) is 17.5 Å². The highest BCUT2D eigenvalue weighted by Crippen LogP contribution is 2.27. The fourth-order valence-electron chi connectivity index (χ4n) is 2.28. The molecular formula is C18H17F3O3. The molecule has 0 bridgehead atoms. The van der Waals surface area contributed by atoms with Crippen LogP contribution in [0.1, 0.15) is 41.6 Å². The van der Waals surface area contributed by atoms with Gasteiger partial charge in [0.05, 0.1) is 5.56 Å². The second-order valence-electron chi connectivity index (χ2n) is 4.93. The number of hydrogen-bond acceptors (Lipinski definition) is 3. The summed E-state index contributed by atoms with van der Waals surface area (Å²) in [6.07, 6.45) is -0.906. The smallest absolute Gasteiger partial charge is 0.196 e. The predicted molar refractivity (Wildman–Crippen MR) is 82.2 cm³/mol. The molecule has 2 aromatic rings. The fraction of sp³-hybridized carbons (Fsp3) is 0.278. The van der Waals surface area contributed by atoms with Gasteiger partial charge in [-0.3, -0.25) is 4.79 Å². The van der Waals surface area contributed by atoms with Gasteiger partial charge in [-0.1, -0.05) is 6.07 Å². The van der Waals surface area contributed by atoms with E-state index >= 15 is 0 Å². The van der Waals surface area contributed by atoms with Gasteiger partial charge < -0.3 is 9.47 Å². The Labute approximate surface area is 138 Å². The Morgan fingerprint density at radius 2 is 1.46 bits per heavy atom. The Balaban J connectivity index is 2.53. The van der Waals surface area contributed by atoms with Crippen molar-refractivity contribution >= 4 is 5.78 Å². The van der Waals surface area contributed by atoms with Gasteiger partial charge in [-0.2, -0.15) is 0 Å². The lowest BCUT2D eigenvalue weighted by Crippen LogP contribution is -2.15. The number of ether oxygens (including phenoxy) is 2. The number of benzene rings is 2. The molecule has 24 heavy (non-hydrogen) atoms. The van der Waals surface area contributed by atoms with Crippen LogP contribution in [-0.2, 0) is 9.47 Å². The van der Waals surface area contributed by atoms with Gasteiger partial charge in [0.15, 0.2) is 12.1 Å². The molecule has 2 rings (SSSR count). The lowest BCUT2D eigenvalue weighted by molar-refractivity contribution is -0.140. The molecule has 0 heterocycles.